The quantitative estimate of drug-likeness (QED) is 0.867. The van der Waals surface area contributed by atoms with Crippen LogP contribution < -0.4 is 5.73 Å². The summed E-state index contributed by atoms with van der Waals surface area (Å²) in [7, 11) is 0. The summed E-state index contributed by atoms with van der Waals surface area (Å²) in [5.41, 5.74) is 5.66. The first-order valence-electron chi connectivity index (χ1n) is 4.13. The lowest BCUT2D eigenvalue weighted by molar-refractivity contribution is 0.146. The second-order valence-corrected chi connectivity index (χ2v) is 3.21. The van der Waals surface area contributed by atoms with Crippen LogP contribution in [0.1, 0.15) is 23.4 Å². The number of aromatic nitrogens is 1. The van der Waals surface area contributed by atoms with Crippen molar-refractivity contribution in [1.29, 1.82) is 5.26 Å². The van der Waals surface area contributed by atoms with E-state index in [4.69, 9.17) is 22.6 Å². The highest BCUT2D eigenvalue weighted by Crippen LogP contribution is 2.27. The molecule has 15 heavy (non-hydrogen) atoms. The molecule has 0 aliphatic carbocycles. The van der Waals surface area contributed by atoms with Crippen molar-refractivity contribution in [2.75, 3.05) is 0 Å². The number of rotatable bonds is 3. The average molecular weight is 232 g/mol. The molecule has 0 bridgehead atoms. The Morgan fingerprint density at radius 2 is 2.27 bits per heavy atom. The van der Waals surface area contributed by atoms with Crippen LogP contribution in [0.25, 0.3) is 0 Å². The van der Waals surface area contributed by atoms with E-state index in [1.165, 1.54) is 6.07 Å². The summed E-state index contributed by atoms with van der Waals surface area (Å²) >= 11 is 5.59. The summed E-state index contributed by atoms with van der Waals surface area (Å²) in [6.45, 7) is 0.118. The Labute approximate surface area is 90.5 Å². The van der Waals surface area contributed by atoms with Crippen molar-refractivity contribution in [2.24, 2.45) is 5.73 Å². The highest BCUT2D eigenvalue weighted by molar-refractivity contribution is 6.31. The molecular formula is C9H8ClF2N3. The van der Waals surface area contributed by atoms with Crippen LogP contribution in [0.15, 0.2) is 6.07 Å². The van der Waals surface area contributed by atoms with Gasteiger partial charge in [0.2, 0.25) is 0 Å². The molecule has 0 aliphatic rings. The average Bonchev–Trinajstić information content (AvgIpc) is 2.20. The molecule has 0 atom stereocenters. The predicted octanol–water partition coefficient (Wildman–Crippen LogP) is 2.20. The number of nitriles is 1. The lowest BCUT2D eigenvalue weighted by Crippen LogP contribution is -2.06. The molecule has 2 N–H and O–H groups in total. The van der Waals surface area contributed by atoms with Crippen LogP contribution in [0.2, 0.25) is 5.02 Å². The molecule has 0 unspecified atom stereocenters. The number of nitrogens with two attached hydrogens (primary N) is 1. The van der Waals surface area contributed by atoms with E-state index < -0.39 is 12.1 Å². The minimum Gasteiger partial charge on any atom is -0.326 e. The normalized spacial score (nSPS) is 10.4. The van der Waals surface area contributed by atoms with E-state index in [-0.39, 0.29) is 23.7 Å². The summed E-state index contributed by atoms with van der Waals surface area (Å²) in [4.78, 5) is 3.65. The summed E-state index contributed by atoms with van der Waals surface area (Å²) in [5, 5.41) is 8.37. The van der Waals surface area contributed by atoms with Gasteiger partial charge in [-0.15, -0.1) is 0 Å². The smallest absolute Gasteiger partial charge is 0.281 e. The lowest BCUT2D eigenvalue weighted by atomic mass is 10.1. The van der Waals surface area contributed by atoms with Gasteiger partial charge < -0.3 is 5.73 Å². The molecule has 1 aromatic heterocycles. The van der Waals surface area contributed by atoms with Crippen molar-refractivity contribution < 1.29 is 8.78 Å². The molecule has 0 radical (unpaired) electrons. The van der Waals surface area contributed by atoms with Crippen LogP contribution >= 0.6 is 11.6 Å². The lowest BCUT2D eigenvalue weighted by Gasteiger charge is -2.08. The zero-order valence-electron chi connectivity index (χ0n) is 7.67. The van der Waals surface area contributed by atoms with Crippen molar-refractivity contribution in [3.63, 3.8) is 0 Å². The van der Waals surface area contributed by atoms with Gasteiger partial charge in [-0.05, 0) is 11.6 Å². The van der Waals surface area contributed by atoms with Gasteiger partial charge in [0.15, 0.2) is 0 Å². The predicted molar refractivity (Wildman–Crippen MR) is 51.4 cm³/mol. The molecule has 0 saturated heterocycles. The summed E-state index contributed by atoms with van der Waals surface area (Å²) < 4.78 is 24.8. The van der Waals surface area contributed by atoms with E-state index in [0.717, 1.165) is 0 Å². The maximum absolute atomic E-state index is 12.4. The highest BCUT2D eigenvalue weighted by atomic mass is 35.5. The van der Waals surface area contributed by atoms with Crippen molar-refractivity contribution in [3.8, 4) is 6.07 Å². The number of pyridine rings is 1. The SMILES string of the molecule is N#CCc1nc(C(F)F)c(Cl)cc1CN. The third kappa shape index (κ3) is 2.61. The molecule has 0 aliphatic heterocycles. The Hall–Kier alpha value is -1.25. The molecule has 3 nitrogen and oxygen atoms in total. The Kier molecular flexibility index (Phi) is 3.95. The van der Waals surface area contributed by atoms with Crippen molar-refractivity contribution in [2.45, 2.75) is 19.4 Å². The van der Waals surface area contributed by atoms with Gasteiger partial charge in [0.05, 0.1) is 23.2 Å². The molecule has 1 heterocycles. The molecular weight excluding hydrogens is 224 g/mol. The second-order valence-electron chi connectivity index (χ2n) is 2.80. The van der Waals surface area contributed by atoms with Gasteiger partial charge in [0.1, 0.15) is 5.69 Å². The largest absolute Gasteiger partial charge is 0.326 e. The minimum atomic E-state index is -2.75. The third-order valence-electron chi connectivity index (χ3n) is 1.84. The van der Waals surface area contributed by atoms with E-state index in [9.17, 15) is 8.78 Å². The van der Waals surface area contributed by atoms with Crippen LogP contribution in [0.3, 0.4) is 0 Å². The van der Waals surface area contributed by atoms with Crippen molar-refractivity contribution in [1.82, 2.24) is 4.98 Å². The Morgan fingerprint density at radius 3 is 2.73 bits per heavy atom. The Morgan fingerprint density at radius 1 is 1.60 bits per heavy atom. The fraction of sp³-hybridized carbons (Fsp3) is 0.333. The van der Waals surface area contributed by atoms with Gasteiger partial charge in [-0.1, -0.05) is 11.6 Å². The van der Waals surface area contributed by atoms with E-state index in [1.807, 2.05) is 6.07 Å². The third-order valence-corrected chi connectivity index (χ3v) is 2.15. The summed E-state index contributed by atoms with van der Waals surface area (Å²) in [6.07, 6.45) is -2.80. The Balaban J connectivity index is 3.25. The van der Waals surface area contributed by atoms with E-state index in [1.54, 1.807) is 0 Å². The van der Waals surface area contributed by atoms with Crippen LogP contribution in [-0.4, -0.2) is 4.98 Å². The van der Waals surface area contributed by atoms with Gasteiger partial charge in [-0.2, -0.15) is 5.26 Å². The van der Waals surface area contributed by atoms with Crippen LogP contribution in [0.5, 0.6) is 0 Å². The minimum absolute atomic E-state index is 0.0522. The molecule has 0 amide bonds. The zero-order valence-corrected chi connectivity index (χ0v) is 8.43. The van der Waals surface area contributed by atoms with Crippen LogP contribution in [-0.2, 0) is 13.0 Å². The topological polar surface area (TPSA) is 62.7 Å². The van der Waals surface area contributed by atoms with Gasteiger partial charge in [0, 0.05) is 6.54 Å². The van der Waals surface area contributed by atoms with Gasteiger partial charge in [0.25, 0.3) is 6.43 Å². The van der Waals surface area contributed by atoms with Gasteiger partial charge in [-0.25, -0.2) is 13.8 Å². The van der Waals surface area contributed by atoms with E-state index >= 15 is 0 Å². The molecule has 0 spiro atoms. The first kappa shape index (κ1) is 11.8. The number of hydrogen-bond donors (Lipinski definition) is 1. The first-order chi connectivity index (χ1) is 7.10. The molecule has 1 aromatic rings. The van der Waals surface area contributed by atoms with Gasteiger partial charge in [-0.3, -0.25) is 0 Å². The fourth-order valence-corrected chi connectivity index (χ4v) is 1.39. The van der Waals surface area contributed by atoms with Crippen LogP contribution in [0, 0.1) is 11.3 Å². The summed E-state index contributed by atoms with van der Waals surface area (Å²) in [5.74, 6) is 0. The first-order valence-corrected chi connectivity index (χ1v) is 4.51. The second kappa shape index (κ2) is 5.01. The zero-order chi connectivity index (χ0) is 11.4. The molecule has 0 aromatic carbocycles. The van der Waals surface area contributed by atoms with E-state index in [2.05, 4.69) is 4.98 Å². The summed E-state index contributed by atoms with van der Waals surface area (Å²) in [6, 6.07) is 3.17. The monoisotopic (exact) mass is 231 g/mol. The molecule has 0 saturated carbocycles. The number of nitrogens with zero attached hydrogens (tertiary/aromatic N) is 2. The Bertz CT molecular complexity index is 401. The number of halogens is 3. The van der Waals surface area contributed by atoms with Crippen molar-refractivity contribution >= 4 is 11.6 Å². The van der Waals surface area contributed by atoms with Crippen LogP contribution in [0.4, 0.5) is 8.78 Å². The highest BCUT2D eigenvalue weighted by Gasteiger charge is 2.16. The van der Waals surface area contributed by atoms with Gasteiger partial charge >= 0.3 is 0 Å². The fourth-order valence-electron chi connectivity index (χ4n) is 1.14. The molecule has 1 rings (SSSR count). The van der Waals surface area contributed by atoms with Crippen molar-refractivity contribution in [3.05, 3.63) is 28.0 Å². The molecule has 6 heteroatoms. The maximum Gasteiger partial charge on any atom is 0.281 e. The molecule has 0 fully saturated rings. The number of hydrogen-bond acceptors (Lipinski definition) is 3. The molecule has 80 valence electrons. The van der Waals surface area contributed by atoms with E-state index in [0.29, 0.717) is 5.56 Å². The number of alkyl halides is 2. The standard InChI is InChI=1S/C9H8ClF2N3/c10-6-3-5(4-14)7(1-2-13)15-8(6)9(11)12/h3,9H,1,4,14H2. The maximum atomic E-state index is 12.4.